The SMILES string of the molecule is Nc1nc2ccccc2nc1-n1ccc(C2CC2)n1. The second kappa shape index (κ2) is 3.78. The van der Waals surface area contributed by atoms with Gasteiger partial charge >= 0.3 is 0 Å². The summed E-state index contributed by atoms with van der Waals surface area (Å²) in [5.41, 5.74) is 8.74. The van der Waals surface area contributed by atoms with Gasteiger partial charge in [-0.25, -0.2) is 14.6 Å². The van der Waals surface area contributed by atoms with Gasteiger partial charge in [0.15, 0.2) is 11.6 Å². The van der Waals surface area contributed by atoms with Crippen LogP contribution in [0.25, 0.3) is 16.9 Å². The molecule has 2 aromatic heterocycles. The third kappa shape index (κ3) is 1.74. The maximum absolute atomic E-state index is 5.99. The average molecular weight is 251 g/mol. The molecule has 0 atom stereocenters. The molecule has 0 aliphatic heterocycles. The molecule has 5 nitrogen and oxygen atoms in total. The predicted molar refractivity (Wildman–Crippen MR) is 73.0 cm³/mol. The van der Waals surface area contributed by atoms with E-state index in [2.05, 4.69) is 15.1 Å². The Balaban J connectivity index is 1.86. The zero-order valence-corrected chi connectivity index (χ0v) is 10.3. The Bertz CT molecular complexity index is 757. The molecule has 1 aromatic carbocycles. The van der Waals surface area contributed by atoms with Crippen LogP contribution in [-0.4, -0.2) is 19.7 Å². The first-order chi connectivity index (χ1) is 9.31. The molecule has 0 bridgehead atoms. The predicted octanol–water partition coefficient (Wildman–Crippen LogP) is 2.28. The molecule has 3 aromatic rings. The number of rotatable bonds is 2. The van der Waals surface area contributed by atoms with Crippen molar-refractivity contribution in [3.8, 4) is 5.82 Å². The summed E-state index contributed by atoms with van der Waals surface area (Å²) in [6.45, 7) is 0. The highest BCUT2D eigenvalue weighted by Gasteiger charge is 2.26. The molecule has 0 radical (unpaired) electrons. The maximum atomic E-state index is 5.99. The van der Waals surface area contributed by atoms with Crippen molar-refractivity contribution < 1.29 is 0 Å². The Morgan fingerprint density at radius 3 is 2.53 bits per heavy atom. The highest BCUT2D eigenvalue weighted by Crippen LogP contribution is 2.39. The number of hydrogen-bond acceptors (Lipinski definition) is 4. The largest absolute Gasteiger partial charge is 0.381 e. The molecule has 4 rings (SSSR count). The van der Waals surface area contributed by atoms with Crippen LogP contribution in [0.3, 0.4) is 0 Å². The van der Waals surface area contributed by atoms with Crippen LogP contribution < -0.4 is 5.73 Å². The number of aromatic nitrogens is 4. The van der Waals surface area contributed by atoms with E-state index in [4.69, 9.17) is 5.73 Å². The first-order valence-electron chi connectivity index (χ1n) is 6.39. The Morgan fingerprint density at radius 2 is 1.79 bits per heavy atom. The fourth-order valence-corrected chi connectivity index (χ4v) is 2.23. The molecule has 1 fully saturated rings. The molecule has 19 heavy (non-hydrogen) atoms. The van der Waals surface area contributed by atoms with Crippen molar-refractivity contribution in [3.05, 3.63) is 42.2 Å². The van der Waals surface area contributed by atoms with Gasteiger partial charge in [-0.2, -0.15) is 5.10 Å². The Morgan fingerprint density at radius 1 is 1.05 bits per heavy atom. The van der Waals surface area contributed by atoms with Crippen LogP contribution in [0.1, 0.15) is 24.5 Å². The summed E-state index contributed by atoms with van der Waals surface area (Å²) < 4.78 is 1.72. The molecule has 5 heteroatoms. The first-order valence-corrected chi connectivity index (χ1v) is 6.39. The van der Waals surface area contributed by atoms with Crippen LogP contribution >= 0.6 is 0 Å². The molecule has 2 heterocycles. The highest BCUT2D eigenvalue weighted by atomic mass is 15.3. The van der Waals surface area contributed by atoms with Crippen molar-refractivity contribution >= 4 is 16.9 Å². The van der Waals surface area contributed by atoms with Gasteiger partial charge < -0.3 is 5.73 Å². The summed E-state index contributed by atoms with van der Waals surface area (Å²) in [5, 5.41) is 4.54. The van der Waals surface area contributed by atoms with Gasteiger partial charge in [-0.15, -0.1) is 0 Å². The molecule has 0 unspecified atom stereocenters. The lowest BCUT2D eigenvalue weighted by molar-refractivity contribution is 0.815. The van der Waals surface area contributed by atoms with Crippen molar-refractivity contribution in [1.29, 1.82) is 0 Å². The number of fused-ring (bicyclic) bond motifs is 1. The Kier molecular flexibility index (Phi) is 2.09. The molecule has 1 aliphatic rings. The number of benzene rings is 1. The normalized spacial score (nSPS) is 14.9. The summed E-state index contributed by atoms with van der Waals surface area (Å²) in [5.74, 6) is 1.63. The minimum atomic E-state index is 0.407. The number of nitrogens with zero attached hydrogens (tertiary/aromatic N) is 4. The zero-order valence-electron chi connectivity index (χ0n) is 10.3. The summed E-state index contributed by atoms with van der Waals surface area (Å²) in [4.78, 5) is 8.93. The van der Waals surface area contributed by atoms with E-state index >= 15 is 0 Å². The van der Waals surface area contributed by atoms with Crippen LogP contribution in [0.2, 0.25) is 0 Å². The van der Waals surface area contributed by atoms with Crippen LogP contribution in [-0.2, 0) is 0 Å². The van der Waals surface area contributed by atoms with Gasteiger partial charge in [-0.05, 0) is 31.0 Å². The van der Waals surface area contributed by atoms with Gasteiger partial charge in [0, 0.05) is 12.1 Å². The van der Waals surface area contributed by atoms with E-state index < -0.39 is 0 Å². The van der Waals surface area contributed by atoms with E-state index in [-0.39, 0.29) is 0 Å². The summed E-state index contributed by atoms with van der Waals surface area (Å²) in [6, 6.07) is 9.73. The first kappa shape index (κ1) is 10.5. The Labute approximate surface area is 110 Å². The van der Waals surface area contributed by atoms with E-state index in [1.165, 1.54) is 12.8 Å². The van der Waals surface area contributed by atoms with Gasteiger partial charge in [0.05, 0.1) is 16.7 Å². The fourth-order valence-electron chi connectivity index (χ4n) is 2.23. The van der Waals surface area contributed by atoms with Gasteiger partial charge in [0.25, 0.3) is 0 Å². The fraction of sp³-hybridized carbons (Fsp3) is 0.214. The minimum absolute atomic E-state index is 0.407. The molecule has 0 amide bonds. The second-order valence-corrected chi connectivity index (χ2v) is 4.88. The number of para-hydroxylation sites is 2. The average Bonchev–Trinajstić information content (AvgIpc) is 3.16. The van der Waals surface area contributed by atoms with Crippen molar-refractivity contribution in [2.24, 2.45) is 0 Å². The molecule has 2 N–H and O–H groups in total. The number of nitrogen functional groups attached to an aromatic ring is 1. The van der Waals surface area contributed by atoms with Crippen molar-refractivity contribution in [2.75, 3.05) is 5.73 Å². The monoisotopic (exact) mass is 251 g/mol. The lowest BCUT2D eigenvalue weighted by Gasteiger charge is -2.05. The smallest absolute Gasteiger partial charge is 0.196 e. The summed E-state index contributed by atoms with van der Waals surface area (Å²) in [7, 11) is 0. The van der Waals surface area contributed by atoms with E-state index in [1.807, 2.05) is 36.5 Å². The Hall–Kier alpha value is -2.43. The van der Waals surface area contributed by atoms with Crippen molar-refractivity contribution in [2.45, 2.75) is 18.8 Å². The third-order valence-corrected chi connectivity index (χ3v) is 3.40. The number of anilines is 1. The molecule has 94 valence electrons. The van der Waals surface area contributed by atoms with Crippen molar-refractivity contribution in [3.63, 3.8) is 0 Å². The number of nitrogens with two attached hydrogens (primary N) is 1. The van der Waals surface area contributed by atoms with Crippen LogP contribution in [0.4, 0.5) is 5.82 Å². The van der Waals surface area contributed by atoms with E-state index in [0.29, 0.717) is 17.6 Å². The highest BCUT2D eigenvalue weighted by molar-refractivity contribution is 5.77. The quantitative estimate of drug-likeness (QED) is 0.758. The molecule has 1 saturated carbocycles. The third-order valence-electron chi connectivity index (χ3n) is 3.40. The van der Waals surface area contributed by atoms with Crippen LogP contribution in [0.5, 0.6) is 0 Å². The van der Waals surface area contributed by atoms with Crippen molar-refractivity contribution in [1.82, 2.24) is 19.7 Å². The number of hydrogen-bond donors (Lipinski definition) is 1. The summed E-state index contributed by atoms with van der Waals surface area (Å²) >= 11 is 0. The molecular weight excluding hydrogens is 238 g/mol. The molecular formula is C14H13N5. The molecule has 1 aliphatic carbocycles. The minimum Gasteiger partial charge on any atom is -0.381 e. The van der Waals surface area contributed by atoms with Gasteiger partial charge in [0.1, 0.15) is 0 Å². The van der Waals surface area contributed by atoms with Gasteiger partial charge in [-0.3, -0.25) is 0 Å². The lowest BCUT2D eigenvalue weighted by Crippen LogP contribution is -2.06. The maximum Gasteiger partial charge on any atom is 0.196 e. The van der Waals surface area contributed by atoms with E-state index in [9.17, 15) is 0 Å². The second-order valence-electron chi connectivity index (χ2n) is 4.88. The standard InChI is InChI=1S/C14H13N5/c15-13-14(17-12-4-2-1-3-11(12)16-13)19-8-7-10(18-19)9-5-6-9/h1-4,7-9H,5-6H2,(H2,15,16). The van der Waals surface area contributed by atoms with Crippen LogP contribution in [0, 0.1) is 0 Å². The lowest BCUT2D eigenvalue weighted by atomic mass is 10.3. The zero-order chi connectivity index (χ0) is 12.8. The molecule has 0 saturated heterocycles. The van der Waals surface area contributed by atoms with E-state index in [0.717, 1.165) is 16.7 Å². The van der Waals surface area contributed by atoms with Gasteiger partial charge in [-0.1, -0.05) is 12.1 Å². The topological polar surface area (TPSA) is 69.6 Å². The summed E-state index contributed by atoms with van der Waals surface area (Å²) in [6.07, 6.45) is 4.37. The van der Waals surface area contributed by atoms with Crippen LogP contribution in [0.15, 0.2) is 36.5 Å². The van der Waals surface area contributed by atoms with E-state index in [1.54, 1.807) is 4.68 Å². The van der Waals surface area contributed by atoms with Gasteiger partial charge in [0.2, 0.25) is 0 Å². The molecule has 0 spiro atoms.